The quantitative estimate of drug-likeness (QED) is 0.713. The number of rotatable bonds is 4. The van der Waals surface area contributed by atoms with Gasteiger partial charge in [0, 0.05) is 0 Å². The Hall–Kier alpha value is -0.730. The van der Waals surface area contributed by atoms with Gasteiger partial charge in [0.15, 0.2) is 12.4 Å². The highest BCUT2D eigenvalue weighted by molar-refractivity contribution is 6.30. The van der Waals surface area contributed by atoms with Crippen LogP contribution in [0, 0.1) is 0 Å². The maximum absolute atomic E-state index is 13.0. The van der Waals surface area contributed by atoms with E-state index in [0.29, 0.717) is 0 Å². The number of ether oxygens (including phenoxy) is 1. The Morgan fingerprint density at radius 3 is 2.06 bits per heavy atom. The molecule has 1 aliphatic carbocycles. The van der Waals surface area contributed by atoms with Crippen molar-refractivity contribution in [2.45, 2.75) is 30.6 Å². The molecule has 1 rings (SSSR count). The van der Waals surface area contributed by atoms with Crippen LogP contribution in [0.1, 0.15) is 6.42 Å². The van der Waals surface area contributed by atoms with Gasteiger partial charge < -0.3 is 4.74 Å². The van der Waals surface area contributed by atoms with Gasteiger partial charge in [0.1, 0.15) is 0 Å². The molecule has 18 heavy (non-hydrogen) atoms. The minimum atomic E-state index is -4.90. The lowest BCUT2D eigenvalue weighted by atomic mass is 10.2. The van der Waals surface area contributed by atoms with Crippen molar-refractivity contribution in [3.63, 3.8) is 0 Å². The zero-order chi connectivity index (χ0) is 14.4. The van der Waals surface area contributed by atoms with Gasteiger partial charge in [0.2, 0.25) is 0 Å². The van der Waals surface area contributed by atoms with Gasteiger partial charge in [-0.05, 0) is 0 Å². The fourth-order valence-electron chi connectivity index (χ4n) is 1.12. The summed E-state index contributed by atoms with van der Waals surface area (Å²) in [6.07, 6.45) is -5.77. The molecule has 0 aromatic heterocycles. The van der Waals surface area contributed by atoms with E-state index in [4.69, 9.17) is 11.6 Å². The topological polar surface area (TPSA) is 9.23 Å². The Bertz CT molecular complexity index is 364. The third-order valence-corrected chi connectivity index (χ3v) is 2.40. The third kappa shape index (κ3) is 2.50. The highest BCUT2D eigenvalue weighted by atomic mass is 35.5. The average molecular weight is 305 g/mol. The van der Waals surface area contributed by atoms with Crippen LogP contribution >= 0.6 is 11.6 Å². The fourth-order valence-corrected chi connectivity index (χ4v) is 1.46. The molecule has 0 aliphatic heterocycles. The first-order valence-electron chi connectivity index (χ1n) is 4.35. The van der Waals surface area contributed by atoms with Crippen LogP contribution in [-0.4, -0.2) is 30.8 Å². The minimum Gasteiger partial charge on any atom is -0.484 e. The first-order chi connectivity index (χ1) is 7.92. The van der Waals surface area contributed by atoms with Crippen LogP contribution in [0.15, 0.2) is 10.8 Å². The maximum Gasteiger partial charge on any atom is 0.367 e. The van der Waals surface area contributed by atoms with Gasteiger partial charge in [-0.3, -0.25) is 0 Å². The molecule has 0 aromatic carbocycles. The van der Waals surface area contributed by atoms with E-state index in [9.17, 15) is 35.1 Å². The Morgan fingerprint density at radius 2 is 1.72 bits per heavy atom. The Kier molecular flexibility index (Phi) is 3.77. The van der Waals surface area contributed by atoms with E-state index < -0.39 is 48.0 Å². The Balaban J connectivity index is 2.83. The second-order valence-corrected chi connectivity index (χ2v) is 4.00. The van der Waals surface area contributed by atoms with E-state index in [1.807, 2.05) is 0 Å². The summed E-state index contributed by atoms with van der Waals surface area (Å²) >= 11 is 5.02. The first-order valence-corrected chi connectivity index (χ1v) is 4.73. The summed E-state index contributed by atoms with van der Waals surface area (Å²) in [5.41, 5.74) is 0. The van der Waals surface area contributed by atoms with Crippen molar-refractivity contribution in [1.29, 1.82) is 0 Å². The molecule has 0 amide bonds. The number of allylic oxidation sites excluding steroid dienone is 2. The van der Waals surface area contributed by atoms with Gasteiger partial charge in [0.25, 0.3) is 0 Å². The first kappa shape index (κ1) is 15.3. The number of hydrogen-bond acceptors (Lipinski definition) is 1. The van der Waals surface area contributed by atoms with Gasteiger partial charge in [-0.15, -0.1) is 0 Å². The summed E-state index contributed by atoms with van der Waals surface area (Å²) in [4.78, 5) is 0. The van der Waals surface area contributed by atoms with Crippen LogP contribution in [0.3, 0.4) is 0 Å². The second kappa shape index (κ2) is 4.43. The van der Waals surface area contributed by atoms with E-state index in [1.165, 1.54) is 0 Å². The third-order valence-electron chi connectivity index (χ3n) is 2.10. The van der Waals surface area contributed by atoms with E-state index in [-0.39, 0.29) is 0 Å². The van der Waals surface area contributed by atoms with E-state index in [1.54, 1.807) is 0 Å². The average Bonchev–Trinajstić information content (AvgIpc) is 2.29. The van der Waals surface area contributed by atoms with Gasteiger partial charge >= 0.3 is 24.2 Å². The molecular weight excluding hydrogens is 300 g/mol. The summed E-state index contributed by atoms with van der Waals surface area (Å²) in [6, 6.07) is 0. The summed E-state index contributed by atoms with van der Waals surface area (Å²) in [5, 5.41) is -1.17. The van der Waals surface area contributed by atoms with E-state index in [2.05, 4.69) is 4.74 Å². The van der Waals surface area contributed by atoms with Gasteiger partial charge in [-0.2, -0.15) is 26.3 Å². The van der Waals surface area contributed by atoms with Gasteiger partial charge in [-0.1, -0.05) is 11.6 Å². The molecule has 0 fully saturated rings. The van der Waals surface area contributed by atoms with Crippen LogP contribution in [0.25, 0.3) is 0 Å². The van der Waals surface area contributed by atoms with Crippen LogP contribution in [0.2, 0.25) is 0 Å². The molecule has 0 radical (unpaired) electrons. The molecule has 0 heterocycles. The summed E-state index contributed by atoms with van der Waals surface area (Å²) < 4.78 is 103. The highest BCUT2D eigenvalue weighted by Crippen LogP contribution is 2.52. The summed E-state index contributed by atoms with van der Waals surface area (Å²) in [6.45, 7) is -2.16. The fraction of sp³-hybridized carbons (Fsp3) is 0.750. The SMILES string of the molecule is FC(F)C(F)(F)COC1=C(Cl)CC(F)(F)C1(F)F. The molecule has 0 bridgehead atoms. The lowest BCUT2D eigenvalue weighted by molar-refractivity contribution is -0.205. The molecule has 0 saturated heterocycles. The maximum atomic E-state index is 13.0. The molecule has 0 atom stereocenters. The number of halogens is 9. The normalized spacial score (nSPS) is 22.8. The smallest absolute Gasteiger partial charge is 0.367 e. The lowest BCUT2D eigenvalue weighted by Crippen LogP contribution is -2.40. The molecule has 1 nitrogen and oxygen atoms in total. The zero-order valence-electron chi connectivity index (χ0n) is 8.30. The predicted molar refractivity (Wildman–Crippen MR) is 44.3 cm³/mol. The molecule has 0 aromatic rings. The van der Waals surface area contributed by atoms with Crippen molar-refractivity contribution < 1.29 is 39.9 Å². The summed E-state index contributed by atoms with van der Waals surface area (Å²) in [5.74, 6) is -16.1. The van der Waals surface area contributed by atoms with Gasteiger partial charge in [-0.25, -0.2) is 8.78 Å². The monoisotopic (exact) mass is 304 g/mol. The molecule has 0 saturated carbocycles. The summed E-state index contributed by atoms with van der Waals surface area (Å²) in [7, 11) is 0. The molecule has 0 N–H and O–H groups in total. The highest BCUT2D eigenvalue weighted by Gasteiger charge is 2.66. The van der Waals surface area contributed by atoms with Crippen molar-refractivity contribution >= 4 is 11.6 Å². The Morgan fingerprint density at radius 1 is 1.22 bits per heavy atom. The number of alkyl halides is 8. The molecule has 1 aliphatic rings. The van der Waals surface area contributed by atoms with Gasteiger partial charge in [0.05, 0.1) is 11.5 Å². The van der Waals surface area contributed by atoms with Crippen LogP contribution in [-0.2, 0) is 4.74 Å². The lowest BCUT2D eigenvalue weighted by Gasteiger charge is -2.23. The molecular formula is C8H5ClF8O. The van der Waals surface area contributed by atoms with Crippen molar-refractivity contribution in [1.82, 2.24) is 0 Å². The van der Waals surface area contributed by atoms with Crippen LogP contribution in [0.4, 0.5) is 35.1 Å². The van der Waals surface area contributed by atoms with E-state index in [0.717, 1.165) is 0 Å². The predicted octanol–water partition coefficient (Wildman–Crippen LogP) is 4.03. The van der Waals surface area contributed by atoms with Crippen LogP contribution < -0.4 is 0 Å². The molecule has 106 valence electrons. The molecule has 0 spiro atoms. The van der Waals surface area contributed by atoms with Crippen molar-refractivity contribution in [2.75, 3.05) is 6.61 Å². The van der Waals surface area contributed by atoms with Crippen molar-refractivity contribution in [3.05, 3.63) is 10.8 Å². The number of hydrogen-bond donors (Lipinski definition) is 0. The zero-order valence-corrected chi connectivity index (χ0v) is 9.06. The molecule has 0 unspecified atom stereocenters. The van der Waals surface area contributed by atoms with Crippen molar-refractivity contribution in [2.24, 2.45) is 0 Å². The van der Waals surface area contributed by atoms with E-state index >= 15 is 0 Å². The van der Waals surface area contributed by atoms with Crippen LogP contribution in [0.5, 0.6) is 0 Å². The minimum absolute atomic E-state index is 1.17. The van der Waals surface area contributed by atoms with Crippen molar-refractivity contribution in [3.8, 4) is 0 Å². The second-order valence-electron chi connectivity index (χ2n) is 3.54. The Labute approximate surface area is 100 Å². The standard InChI is InChI=1S/C8H5ClF8O/c9-3-1-7(14,15)8(16,17)4(3)18-2-6(12,13)5(10)11/h5H,1-2H2. The molecule has 10 heteroatoms. The largest absolute Gasteiger partial charge is 0.484 e.